The molecule has 0 fully saturated rings. The largest absolute Gasteiger partial charge is 0.504 e. The first-order chi connectivity index (χ1) is 10.4. The summed E-state index contributed by atoms with van der Waals surface area (Å²) in [6.45, 7) is 2.28. The molecule has 118 valence electrons. The normalized spacial score (nSPS) is 10.3. The van der Waals surface area contributed by atoms with Crippen molar-refractivity contribution in [3.05, 3.63) is 54.1 Å². The third kappa shape index (κ3) is 5.19. The number of rotatable bonds is 4. The molecule has 7 heteroatoms. The van der Waals surface area contributed by atoms with Crippen LogP contribution >= 0.6 is 0 Å². The number of carbonyl (C=O) groups is 1. The molecule has 0 radical (unpaired) electrons. The fourth-order valence-electron chi connectivity index (χ4n) is 1.50. The molecule has 0 saturated carbocycles. The number of phenolic OH excluding ortho intramolecular Hbond substituents is 1. The number of hydrogen-bond acceptors (Lipinski definition) is 5. The molecule has 0 unspecified atom stereocenters. The molecule has 0 amide bonds. The van der Waals surface area contributed by atoms with Gasteiger partial charge < -0.3 is 9.84 Å². The Morgan fingerprint density at radius 2 is 1.73 bits per heavy atom. The summed E-state index contributed by atoms with van der Waals surface area (Å²) < 4.78 is 34.3. The second kappa shape index (κ2) is 8.16. The molecule has 0 heterocycles. The van der Waals surface area contributed by atoms with Crippen molar-refractivity contribution in [2.45, 2.75) is 11.8 Å². The van der Waals surface area contributed by atoms with Crippen LogP contribution in [0.4, 0.5) is 0 Å². The third-order valence-electron chi connectivity index (χ3n) is 2.50. The van der Waals surface area contributed by atoms with Crippen LogP contribution in [0.3, 0.4) is 0 Å². The maximum Gasteiger partial charge on any atom is 0.294 e. The topological polar surface area (TPSA) is 101 Å². The summed E-state index contributed by atoms with van der Waals surface area (Å²) in [5.74, 6) is 0.261. The van der Waals surface area contributed by atoms with Crippen molar-refractivity contribution in [2.75, 3.05) is 6.61 Å². The van der Waals surface area contributed by atoms with Crippen molar-refractivity contribution in [3.8, 4) is 11.5 Å². The number of hydrogen-bond donors (Lipinski definition) is 2. The van der Waals surface area contributed by atoms with Gasteiger partial charge in [-0.1, -0.05) is 24.3 Å². The molecule has 0 aliphatic heterocycles. The smallest absolute Gasteiger partial charge is 0.294 e. The van der Waals surface area contributed by atoms with Crippen LogP contribution in [0.2, 0.25) is 0 Å². The lowest BCUT2D eigenvalue weighted by atomic mass is 10.2. The van der Waals surface area contributed by atoms with Crippen LogP contribution in [0, 0.1) is 0 Å². The Balaban J connectivity index is 0.000000224. The molecule has 0 aromatic heterocycles. The van der Waals surface area contributed by atoms with Gasteiger partial charge in [0.05, 0.1) is 17.1 Å². The zero-order valence-electron chi connectivity index (χ0n) is 11.8. The second-order valence-corrected chi connectivity index (χ2v) is 5.45. The summed E-state index contributed by atoms with van der Waals surface area (Å²) in [4.78, 5) is 10.3. The summed E-state index contributed by atoms with van der Waals surface area (Å²) >= 11 is 0. The van der Waals surface area contributed by atoms with Gasteiger partial charge in [-0.15, -0.1) is 0 Å². The van der Waals surface area contributed by atoms with Crippen LogP contribution in [-0.2, 0) is 10.1 Å². The van der Waals surface area contributed by atoms with E-state index in [1.807, 2.05) is 6.92 Å². The van der Waals surface area contributed by atoms with Crippen LogP contribution in [0.5, 0.6) is 11.5 Å². The van der Waals surface area contributed by atoms with Gasteiger partial charge in [-0.25, -0.2) is 0 Å². The average molecular weight is 324 g/mol. The van der Waals surface area contributed by atoms with Crippen LogP contribution < -0.4 is 4.74 Å². The summed E-state index contributed by atoms with van der Waals surface area (Å²) in [6, 6.07) is 12.2. The van der Waals surface area contributed by atoms with E-state index in [-0.39, 0.29) is 16.2 Å². The number of aldehydes is 1. The number of ether oxygens (including phenoxy) is 1. The van der Waals surface area contributed by atoms with E-state index in [0.717, 1.165) is 0 Å². The van der Waals surface area contributed by atoms with Gasteiger partial charge in [0, 0.05) is 0 Å². The number of benzene rings is 2. The van der Waals surface area contributed by atoms with Gasteiger partial charge in [0.1, 0.15) is 0 Å². The Hall–Kier alpha value is -2.38. The first kappa shape index (κ1) is 17.7. The first-order valence-electron chi connectivity index (χ1n) is 6.32. The molecule has 0 atom stereocenters. The number of carbonyl (C=O) groups excluding carboxylic acids is 1. The van der Waals surface area contributed by atoms with Crippen molar-refractivity contribution in [3.63, 3.8) is 0 Å². The molecular formula is C15H16O6S. The maximum atomic E-state index is 10.4. The van der Waals surface area contributed by atoms with E-state index < -0.39 is 10.1 Å². The lowest BCUT2D eigenvalue weighted by Crippen LogP contribution is -1.96. The Bertz CT molecular complexity index is 710. The van der Waals surface area contributed by atoms with Crippen molar-refractivity contribution >= 4 is 16.4 Å². The van der Waals surface area contributed by atoms with Crippen molar-refractivity contribution in [2.24, 2.45) is 0 Å². The van der Waals surface area contributed by atoms with Gasteiger partial charge in [0.2, 0.25) is 0 Å². The highest BCUT2D eigenvalue weighted by Gasteiger charge is 2.06. The van der Waals surface area contributed by atoms with Crippen LogP contribution in [0.25, 0.3) is 0 Å². The van der Waals surface area contributed by atoms with Crippen molar-refractivity contribution in [1.29, 1.82) is 0 Å². The molecule has 6 nitrogen and oxygen atoms in total. The van der Waals surface area contributed by atoms with E-state index in [2.05, 4.69) is 0 Å². The van der Waals surface area contributed by atoms with E-state index in [9.17, 15) is 18.3 Å². The van der Waals surface area contributed by atoms with Crippen molar-refractivity contribution < 1.29 is 27.6 Å². The monoisotopic (exact) mass is 324 g/mol. The minimum Gasteiger partial charge on any atom is -0.504 e. The number of phenols is 1. The van der Waals surface area contributed by atoms with Gasteiger partial charge >= 0.3 is 0 Å². The SMILES string of the molecule is CCOc1cccc(C=O)c1O.O=S(=O)(O)c1ccccc1. The Morgan fingerprint density at radius 3 is 2.18 bits per heavy atom. The Labute approximate surface area is 128 Å². The van der Waals surface area contributed by atoms with Gasteiger partial charge in [0.25, 0.3) is 10.1 Å². The summed E-state index contributed by atoms with van der Waals surface area (Å²) in [5.41, 5.74) is 0.251. The summed E-state index contributed by atoms with van der Waals surface area (Å²) in [6.07, 6.45) is 0.595. The van der Waals surface area contributed by atoms with Gasteiger partial charge in [-0.2, -0.15) is 8.42 Å². The summed E-state index contributed by atoms with van der Waals surface area (Å²) in [7, 11) is -4.00. The third-order valence-corrected chi connectivity index (χ3v) is 3.37. The fraction of sp³-hybridized carbons (Fsp3) is 0.133. The minimum atomic E-state index is -4.00. The molecule has 0 aliphatic rings. The predicted molar refractivity (Wildman–Crippen MR) is 80.9 cm³/mol. The zero-order valence-corrected chi connectivity index (χ0v) is 12.7. The van der Waals surface area contributed by atoms with E-state index in [1.54, 1.807) is 30.3 Å². The average Bonchev–Trinajstić information content (AvgIpc) is 2.50. The molecule has 2 N–H and O–H groups in total. The first-order valence-corrected chi connectivity index (χ1v) is 7.76. The molecule has 0 spiro atoms. The molecule has 0 bridgehead atoms. The molecule has 0 aliphatic carbocycles. The standard InChI is InChI=1S/C9H10O3.C6H6O3S/c1-2-12-8-5-3-4-7(6-10)9(8)11;7-10(8,9)6-4-2-1-3-5-6/h3-6,11H,2H2,1H3;1-5H,(H,7,8,9). The van der Waals surface area contributed by atoms with Gasteiger partial charge in [0.15, 0.2) is 17.8 Å². The molecule has 2 rings (SSSR count). The van der Waals surface area contributed by atoms with Crippen molar-refractivity contribution in [1.82, 2.24) is 0 Å². The molecule has 2 aromatic rings. The number of para-hydroxylation sites is 1. The molecule has 0 saturated heterocycles. The summed E-state index contributed by atoms with van der Waals surface area (Å²) in [5, 5.41) is 9.36. The Morgan fingerprint density at radius 1 is 1.09 bits per heavy atom. The fourth-order valence-corrected chi connectivity index (χ4v) is 2.00. The lowest BCUT2D eigenvalue weighted by molar-refractivity contribution is 0.112. The molecule has 22 heavy (non-hydrogen) atoms. The van der Waals surface area contributed by atoms with E-state index in [0.29, 0.717) is 18.6 Å². The number of aromatic hydroxyl groups is 1. The molecular weight excluding hydrogens is 308 g/mol. The Kier molecular flexibility index (Phi) is 6.55. The van der Waals surface area contributed by atoms with Gasteiger partial charge in [-0.05, 0) is 31.2 Å². The second-order valence-electron chi connectivity index (χ2n) is 4.03. The predicted octanol–water partition coefficient (Wildman–Crippen LogP) is 2.54. The van der Waals surface area contributed by atoms with Crippen LogP contribution in [-0.4, -0.2) is 31.0 Å². The highest BCUT2D eigenvalue weighted by Crippen LogP contribution is 2.28. The van der Waals surface area contributed by atoms with Gasteiger partial charge in [-0.3, -0.25) is 9.35 Å². The van der Waals surface area contributed by atoms with E-state index >= 15 is 0 Å². The van der Waals surface area contributed by atoms with E-state index in [1.165, 1.54) is 18.2 Å². The quantitative estimate of drug-likeness (QED) is 0.662. The van der Waals surface area contributed by atoms with Crippen LogP contribution in [0.1, 0.15) is 17.3 Å². The zero-order chi connectivity index (χ0) is 16.6. The van der Waals surface area contributed by atoms with E-state index in [4.69, 9.17) is 9.29 Å². The maximum absolute atomic E-state index is 10.4. The highest BCUT2D eigenvalue weighted by atomic mass is 32.2. The molecule has 2 aromatic carbocycles. The lowest BCUT2D eigenvalue weighted by Gasteiger charge is -2.05. The minimum absolute atomic E-state index is 0.0741. The highest BCUT2D eigenvalue weighted by molar-refractivity contribution is 7.85. The van der Waals surface area contributed by atoms with Crippen LogP contribution in [0.15, 0.2) is 53.4 Å².